The van der Waals surface area contributed by atoms with E-state index in [0.29, 0.717) is 30.0 Å². The van der Waals surface area contributed by atoms with Crippen molar-refractivity contribution in [3.8, 4) is 0 Å². The lowest BCUT2D eigenvalue weighted by molar-refractivity contribution is -0.207. The minimum Gasteiger partial charge on any atom is -0.435 e. The molecule has 13 heteroatoms. The second-order valence-electron chi connectivity index (χ2n) is 7.64. The van der Waals surface area contributed by atoms with Crippen molar-refractivity contribution in [1.82, 2.24) is 9.88 Å². The van der Waals surface area contributed by atoms with E-state index in [-0.39, 0.29) is 30.6 Å². The van der Waals surface area contributed by atoms with Crippen LogP contribution in [-0.2, 0) is 10.9 Å². The number of carbonyl (C=O) groups is 1. The van der Waals surface area contributed by atoms with E-state index in [0.717, 1.165) is 12.3 Å². The molecule has 34 heavy (non-hydrogen) atoms. The van der Waals surface area contributed by atoms with Crippen molar-refractivity contribution < 1.29 is 35.9 Å². The molecule has 1 unspecified atom stereocenters. The second-order valence-corrected chi connectivity index (χ2v) is 8.08. The standard InChI is InChI=1S/C21H20ClF6N3O2.ClH/c22-15-4-6-16(7-5-15)30-19(32)33-18(21(26,27)28)12-31-9-1-2-14(11-31)13-3-8-17(29-10-13)20(23,24)25;/h3-8,10,14,18H,1-2,9,11-12H2,(H,30,32);1H/t14?,18-;/m0./s1. The number of amides is 1. The highest BCUT2D eigenvalue weighted by Gasteiger charge is 2.44. The molecule has 1 fully saturated rings. The molecule has 1 aliphatic heterocycles. The van der Waals surface area contributed by atoms with Gasteiger partial charge in [0.2, 0.25) is 6.10 Å². The number of nitrogens with zero attached hydrogens (tertiary/aromatic N) is 2. The van der Waals surface area contributed by atoms with Gasteiger partial charge in [-0.1, -0.05) is 17.7 Å². The van der Waals surface area contributed by atoms with Gasteiger partial charge in [-0.15, -0.1) is 12.4 Å². The van der Waals surface area contributed by atoms with Crippen LogP contribution >= 0.6 is 24.0 Å². The number of ether oxygens (including phenoxy) is 1. The first-order chi connectivity index (χ1) is 15.4. The molecule has 2 heterocycles. The van der Waals surface area contributed by atoms with Gasteiger partial charge in [-0.05, 0) is 61.2 Å². The summed E-state index contributed by atoms with van der Waals surface area (Å²) >= 11 is 5.73. The molecule has 1 saturated heterocycles. The van der Waals surface area contributed by atoms with Crippen LogP contribution in [0.15, 0.2) is 42.6 Å². The van der Waals surface area contributed by atoms with Crippen LogP contribution in [0, 0.1) is 0 Å². The molecule has 3 rings (SSSR count). The van der Waals surface area contributed by atoms with Gasteiger partial charge in [-0.3, -0.25) is 15.2 Å². The maximum Gasteiger partial charge on any atom is 0.433 e. The summed E-state index contributed by atoms with van der Waals surface area (Å²) in [6.45, 7) is -0.0941. The largest absolute Gasteiger partial charge is 0.435 e. The SMILES string of the molecule is Cl.O=C(Nc1ccc(Cl)cc1)O[C@@H](CN1CCCC(c2ccc(C(F)(F)F)nc2)C1)C(F)(F)F. The van der Waals surface area contributed by atoms with Gasteiger partial charge in [0.15, 0.2) is 0 Å². The third kappa shape index (κ3) is 7.92. The first-order valence-electron chi connectivity index (χ1n) is 9.97. The van der Waals surface area contributed by atoms with Gasteiger partial charge in [0, 0.05) is 30.0 Å². The van der Waals surface area contributed by atoms with Crippen LogP contribution in [-0.4, -0.2) is 47.9 Å². The minimum absolute atomic E-state index is 0. The van der Waals surface area contributed by atoms with E-state index in [4.69, 9.17) is 11.6 Å². The zero-order valence-corrected chi connectivity index (χ0v) is 19.1. The first kappa shape index (κ1) is 28.0. The zero-order chi connectivity index (χ0) is 24.2. The highest BCUT2D eigenvalue weighted by molar-refractivity contribution is 6.30. The van der Waals surface area contributed by atoms with Crippen molar-refractivity contribution in [2.24, 2.45) is 0 Å². The predicted octanol–water partition coefficient (Wildman–Crippen LogP) is 6.53. The molecular formula is C21H21Cl2F6N3O2. The van der Waals surface area contributed by atoms with E-state index in [1.165, 1.54) is 35.2 Å². The summed E-state index contributed by atoms with van der Waals surface area (Å²) in [4.78, 5) is 16.9. The second kappa shape index (κ2) is 11.5. The number of hydrogen-bond acceptors (Lipinski definition) is 4. The molecule has 0 spiro atoms. The van der Waals surface area contributed by atoms with Crippen LogP contribution in [0.1, 0.15) is 30.0 Å². The van der Waals surface area contributed by atoms with E-state index >= 15 is 0 Å². The van der Waals surface area contributed by atoms with Gasteiger partial charge in [0.25, 0.3) is 0 Å². The maximum atomic E-state index is 13.5. The fourth-order valence-corrected chi connectivity index (χ4v) is 3.69. The van der Waals surface area contributed by atoms with Gasteiger partial charge < -0.3 is 4.74 Å². The van der Waals surface area contributed by atoms with Crippen molar-refractivity contribution in [2.75, 3.05) is 25.0 Å². The summed E-state index contributed by atoms with van der Waals surface area (Å²) in [6, 6.07) is 7.90. The van der Waals surface area contributed by atoms with E-state index < -0.39 is 36.8 Å². The Morgan fingerprint density at radius 3 is 2.38 bits per heavy atom. The average molecular weight is 532 g/mol. The Balaban J connectivity index is 0.00000408. The van der Waals surface area contributed by atoms with Gasteiger partial charge >= 0.3 is 18.4 Å². The van der Waals surface area contributed by atoms with Crippen LogP contribution in [0.25, 0.3) is 0 Å². The number of anilines is 1. The van der Waals surface area contributed by atoms with E-state index in [9.17, 15) is 31.1 Å². The fraction of sp³-hybridized carbons (Fsp3) is 0.429. The van der Waals surface area contributed by atoms with Crippen LogP contribution < -0.4 is 5.32 Å². The summed E-state index contributed by atoms with van der Waals surface area (Å²) in [6.07, 6.45) is -10.8. The third-order valence-corrected chi connectivity index (χ3v) is 5.43. The number of alkyl halides is 6. The number of hydrogen-bond donors (Lipinski definition) is 1. The highest BCUT2D eigenvalue weighted by Crippen LogP contribution is 2.32. The number of piperidine rings is 1. The van der Waals surface area contributed by atoms with Crippen LogP contribution in [0.2, 0.25) is 5.02 Å². The first-order valence-corrected chi connectivity index (χ1v) is 10.3. The summed E-state index contributed by atoms with van der Waals surface area (Å²) in [5.41, 5.74) is -0.299. The molecular weight excluding hydrogens is 511 g/mol. The Hall–Kier alpha value is -2.24. The molecule has 0 radical (unpaired) electrons. The lowest BCUT2D eigenvalue weighted by atomic mass is 9.91. The Bertz CT molecular complexity index is 940. The molecule has 5 nitrogen and oxygen atoms in total. The van der Waals surface area contributed by atoms with Crippen molar-refractivity contribution >= 4 is 35.8 Å². The lowest BCUT2D eigenvalue weighted by Gasteiger charge is -2.35. The van der Waals surface area contributed by atoms with Gasteiger partial charge in [-0.25, -0.2) is 4.79 Å². The Morgan fingerprint density at radius 1 is 1.15 bits per heavy atom. The number of rotatable bonds is 5. The number of aromatic nitrogens is 1. The van der Waals surface area contributed by atoms with E-state index in [1.54, 1.807) is 0 Å². The summed E-state index contributed by atoms with van der Waals surface area (Å²) in [5, 5.41) is 2.62. The molecule has 2 aromatic rings. The molecule has 0 aliphatic carbocycles. The van der Waals surface area contributed by atoms with Gasteiger partial charge in [-0.2, -0.15) is 26.3 Å². The summed E-state index contributed by atoms with van der Waals surface area (Å²) in [7, 11) is 0. The van der Waals surface area contributed by atoms with Crippen molar-refractivity contribution in [2.45, 2.75) is 37.2 Å². The Kier molecular flexibility index (Phi) is 9.44. The van der Waals surface area contributed by atoms with Crippen LogP contribution in [0.4, 0.5) is 36.8 Å². The summed E-state index contributed by atoms with van der Waals surface area (Å²) in [5.74, 6) is -0.287. The van der Waals surface area contributed by atoms with Crippen molar-refractivity contribution in [3.05, 3.63) is 58.9 Å². The normalized spacial score (nSPS) is 18.0. The number of carbonyl (C=O) groups excluding carboxylic acids is 1. The molecule has 1 amide bonds. The molecule has 1 aromatic carbocycles. The molecule has 0 bridgehead atoms. The molecule has 0 saturated carbocycles. The zero-order valence-electron chi connectivity index (χ0n) is 17.5. The molecule has 188 valence electrons. The van der Waals surface area contributed by atoms with Gasteiger partial charge in [0.05, 0.1) is 0 Å². The molecule has 2 atom stereocenters. The fourth-order valence-electron chi connectivity index (χ4n) is 3.56. The number of halogens is 8. The number of benzene rings is 1. The highest BCUT2D eigenvalue weighted by atomic mass is 35.5. The maximum absolute atomic E-state index is 13.5. The van der Waals surface area contributed by atoms with Gasteiger partial charge in [0.1, 0.15) is 5.69 Å². The van der Waals surface area contributed by atoms with Crippen LogP contribution in [0.3, 0.4) is 0 Å². The number of likely N-dealkylation sites (tertiary alicyclic amines) is 1. The lowest BCUT2D eigenvalue weighted by Crippen LogP contribution is -2.47. The monoisotopic (exact) mass is 531 g/mol. The Morgan fingerprint density at radius 2 is 1.82 bits per heavy atom. The number of nitrogens with one attached hydrogen (secondary N) is 1. The van der Waals surface area contributed by atoms with Crippen molar-refractivity contribution in [3.63, 3.8) is 0 Å². The molecule has 1 aromatic heterocycles. The topological polar surface area (TPSA) is 54.5 Å². The Labute approximate surface area is 202 Å². The summed E-state index contributed by atoms with van der Waals surface area (Å²) < 4.78 is 83.4. The third-order valence-electron chi connectivity index (χ3n) is 5.18. The quantitative estimate of drug-likeness (QED) is 0.445. The average Bonchev–Trinajstić information content (AvgIpc) is 2.74. The van der Waals surface area contributed by atoms with E-state index in [1.807, 2.05) is 0 Å². The smallest absolute Gasteiger partial charge is 0.433 e. The van der Waals surface area contributed by atoms with Crippen LogP contribution in [0.5, 0.6) is 0 Å². The molecule has 1 N–H and O–H groups in total. The number of pyridine rings is 1. The minimum atomic E-state index is -4.81. The predicted molar refractivity (Wildman–Crippen MR) is 116 cm³/mol. The van der Waals surface area contributed by atoms with E-state index in [2.05, 4.69) is 15.0 Å². The van der Waals surface area contributed by atoms with Crippen molar-refractivity contribution in [1.29, 1.82) is 0 Å². The molecule has 1 aliphatic rings.